The van der Waals surface area contributed by atoms with Gasteiger partial charge in [0.25, 0.3) is 0 Å². The average Bonchev–Trinajstić information content (AvgIpc) is 1.80. The third kappa shape index (κ3) is 7.72. The minimum Gasteiger partial charge on any atom is -0.366 e. The molecule has 3 heteroatoms. The first-order valence-electron chi connectivity index (χ1n) is 2.64. The van der Waals surface area contributed by atoms with Crippen LogP contribution < -0.4 is 0 Å². The summed E-state index contributed by atoms with van der Waals surface area (Å²) in [5.74, 6) is 0.557. The smallest absolute Gasteiger partial charge is 0.0982 e. The van der Waals surface area contributed by atoms with Crippen molar-refractivity contribution in [2.24, 2.45) is 0 Å². The van der Waals surface area contributed by atoms with Crippen LogP contribution in [0.1, 0.15) is 6.92 Å². The Hall–Kier alpha value is -0.280. The zero-order valence-electron chi connectivity index (χ0n) is 5.52. The lowest BCUT2D eigenvalue weighted by atomic mass is 10.7. The van der Waals surface area contributed by atoms with E-state index < -0.39 is 0 Å². The highest BCUT2D eigenvalue weighted by atomic mass is 32.2. The fraction of sp³-hybridized carbons (Fsp3) is 0.500. The van der Waals surface area contributed by atoms with Crippen molar-refractivity contribution in [2.45, 2.75) is 6.92 Å². The van der Waals surface area contributed by atoms with Gasteiger partial charge in [-0.1, -0.05) is 17.8 Å². The first-order valence-corrected chi connectivity index (χ1v) is 3.62. The predicted molar refractivity (Wildman–Crippen MR) is 42.0 cm³/mol. The Bertz CT molecular complexity index is 103. The van der Waals surface area contributed by atoms with Crippen LogP contribution in [0.4, 0.5) is 0 Å². The molecule has 0 aliphatic carbocycles. The first-order chi connectivity index (χ1) is 4.27. The van der Waals surface area contributed by atoms with Crippen LogP contribution in [0.2, 0.25) is 0 Å². The average molecular weight is 145 g/mol. The molecule has 0 saturated carbocycles. The van der Waals surface area contributed by atoms with Gasteiger partial charge in [-0.05, 0) is 6.92 Å². The molecule has 0 fully saturated rings. The number of ether oxygens (including phenoxy) is 1. The summed E-state index contributed by atoms with van der Waals surface area (Å²) in [5, 5.41) is 7.57. The summed E-state index contributed by atoms with van der Waals surface area (Å²) in [4.78, 5) is 0. The highest BCUT2D eigenvalue weighted by Crippen LogP contribution is 2.00. The van der Waals surface area contributed by atoms with Gasteiger partial charge < -0.3 is 4.74 Å². The van der Waals surface area contributed by atoms with Crippen LogP contribution in [0.25, 0.3) is 0 Å². The molecule has 0 amide bonds. The van der Waals surface area contributed by atoms with Gasteiger partial charge in [-0.25, -0.2) is 0 Å². The maximum absolute atomic E-state index is 6.99. The van der Waals surface area contributed by atoms with Gasteiger partial charge in [0.05, 0.1) is 17.6 Å². The normalized spacial score (nSPS) is 9.00. The molecule has 0 aromatic heterocycles. The second-order valence-electron chi connectivity index (χ2n) is 1.48. The van der Waals surface area contributed by atoms with Gasteiger partial charge in [-0.3, -0.25) is 5.41 Å². The molecule has 0 aromatic rings. The van der Waals surface area contributed by atoms with E-state index >= 15 is 0 Å². The van der Waals surface area contributed by atoms with Crippen molar-refractivity contribution in [3.8, 4) is 0 Å². The number of hydrogen-bond acceptors (Lipinski definition) is 3. The number of nitrogens with one attached hydrogen (secondary N) is 1. The second kappa shape index (κ2) is 5.85. The highest BCUT2D eigenvalue weighted by molar-refractivity contribution is 8.13. The third-order valence-electron chi connectivity index (χ3n) is 0.594. The van der Waals surface area contributed by atoms with Gasteiger partial charge in [0, 0.05) is 0 Å². The number of rotatable bonds is 4. The fourth-order valence-electron chi connectivity index (χ4n) is 0.262. The molecule has 2 nitrogen and oxygen atoms in total. The van der Waals surface area contributed by atoms with Crippen LogP contribution in [0, 0.1) is 5.41 Å². The van der Waals surface area contributed by atoms with Gasteiger partial charge in [-0.2, -0.15) is 0 Å². The molecule has 1 N–H and O–H groups in total. The third-order valence-corrected chi connectivity index (χ3v) is 1.31. The summed E-state index contributed by atoms with van der Waals surface area (Å²) in [6, 6.07) is 0. The molecule has 0 spiro atoms. The van der Waals surface area contributed by atoms with E-state index in [-0.39, 0.29) is 0 Å². The summed E-state index contributed by atoms with van der Waals surface area (Å²) in [5.41, 5.74) is 0. The van der Waals surface area contributed by atoms with E-state index in [9.17, 15) is 0 Å². The van der Waals surface area contributed by atoms with Crippen molar-refractivity contribution >= 4 is 16.8 Å². The SMILES string of the molecule is C=CCOCSC(C)=N. The van der Waals surface area contributed by atoms with Crippen LogP contribution in [0.15, 0.2) is 12.7 Å². The Kier molecular flexibility index (Phi) is 5.67. The summed E-state index contributed by atoms with van der Waals surface area (Å²) >= 11 is 1.38. The second-order valence-corrected chi connectivity index (χ2v) is 2.61. The molecule has 0 aliphatic rings. The largest absolute Gasteiger partial charge is 0.366 e. The molecule has 0 unspecified atom stereocenters. The monoisotopic (exact) mass is 145 g/mol. The molecular weight excluding hydrogens is 134 g/mol. The Morgan fingerprint density at radius 3 is 3.00 bits per heavy atom. The van der Waals surface area contributed by atoms with Crippen LogP contribution in [-0.2, 0) is 4.74 Å². The maximum atomic E-state index is 6.99. The van der Waals surface area contributed by atoms with E-state index in [0.29, 0.717) is 17.6 Å². The number of hydrogen-bond donors (Lipinski definition) is 1. The molecule has 0 aliphatic heterocycles. The van der Waals surface area contributed by atoms with E-state index in [1.165, 1.54) is 11.8 Å². The molecule has 0 bridgehead atoms. The van der Waals surface area contributed by atoms with Crippen molar-refractivity contribution in [3.63, 3.8) is 0 Å². The Morgan fingerprint density at radius 1 is 1.89 bits per heavy atom. The minimum atomic E-state index is 0.557. The van der Waals surface area contributed by atoms with Crippen LogP contribution in [0.3, 0.4) is 0 Å². The van der Waals surface area contributed by atoms with E-state index in [4.69, 9.17) is 10.1 Å². The van der Waals surface area contributed by atoms with Crippen molar-refractivity contribution < 1.29 is 4.74 Å². The van der Waals surface area contributed by atoms with Gasteiger partial charge in [0.15, 0.2) is 0 Å². The molecule has 0 aromatic carbocycles. The lowest BCUT2D eigenvalue weighted by Gasteiger charge is -1.96. The van der Waals surface area contributed by atoms with E-state index in [0.717, 1.165) is 0 Å². The van der Waals surface area contributed by atoms with Crippen molar-refractivity contribution in [2.75, 3.05) is 12.5 Å². The summed E-state index contributed by atoms with van der Waals surface area (Å²) in [7, 11) is 0. The van der Waals surface area contributed by atoms with E-state index in [1.54, 1.807) is 13.0 Å². The summed E-state index contributed by atoms with van der Waals surface area (Å²) in [6.45, 7) is 5.80. The molecule has 0 heterocycles. The molecule has 52 valence electrons. The maximum Gasteiger partial charge on any atom is 0.0982 e. The van der Waals surface area contributed by atoms with Gasteiger partial charge in [0.1, 0.15) is 0 Å². The molecule has 0 rings (SSSR count). The van der Waals surface area contributed by atoms with Crippen LogP contribution in [-0.4, -0.2) is 17.6 Å². The Morgan fingerprint density at radius 2 is 2.56 bits per heavy atom. The van der Waals surface area contributed by atoms with E-state index in [1.807, 2.05) is 0 Å². The predicted octanol–water partition coefficient (Wildman–Crippen LogP) is 1.88. The van der Waals surface area contributed by atoms with Crippen molar-refractivity contribution in [1.29, 1.82) is 5.41 Å². The standard InChI is InChI=1S/C6H11NOS/c1-3-4-8-5-9-6(2)7/h3,7H,1,4-5H2,2H3. The van der Waals surface area contributed by atoms with Crippen LogP contribution >= 0.6 is 11.8 Å². The molecule has 0 radical (unpaired) electrons. The number of thioether (sulfide) groups is 1. The van der Waals surface area contributed by atoms with Crippen LogP contribution in [0.5, 0.6) is 0 Å². The molecule has 9 heavy (non-hydrogen) atoms. The van der Waals surface area contributed by atoms with Gasteiger partial charge >= 0.3 is 0 Å². The molecule has 0 saturated heterocycles. The molecule has 0 atom stereocenters. The fourth-order valence-corrected chi connectivity index (χ4v) is 0.618. The quantitative estimate of drug-likeness (QED) is 0.215. The minimum absolute atomic E-state index is 0.557. The van der Waals surface area contributed by atoms with Crippen molar-refractivity contribution in [3.05, 3.63) is 12.7 Å². The summed E-state index contributed by atoms with van der Waals surface area (Å²) < 4.78 is 5.00. The summed E-state index contributed by atoms with van der Waals surface area (Å²) in [6.07, 6.45) is 1.69. The Labute approximate surface area is 59.8 Å². The van der Waals surface area contributed by atoms with Gasteiger partial charge in [0.2, 0.25) is 0 Å². The Balaban J connectivity index is 2.91. The topological polar surface area (TPSA) is 33.1 Å². The lowest BCUT2D eigenvalue weighted by molar-refractivity contribution is 0.217. The first kappa shape index (κ1) is 8.72. The highest BCUT2D eigenvalue weighted by Gasteiger charge is 1.86. The van der Waals surface area contributed by atoms with Crippen molar-refractivity contribution in [1.82, 2.24) is 0 Å². The lowest BCUT2D eigenvalue weighted by Crippen LogP contribution is -1.91. The molecular formula is C6H11NOS. The van der Waals surface area contributed by atoms with E-state index in [2.05, 4.69) is 6.58 Å². The zero-order chi connectivity index (χ0) is 7.11. The zero-order valence-corrected chi connectivity index (χ0v) is 6.33. The van der Waals surface area contributed by atoms with Gasteiger partial charge in [-0.15, -0.1) is 6.58 Å².